The monoisotopic (exact) mass is 445 g/mol. The highest BCUT2D eigenvalue weighted by Gasteiger charge is 2.41. The van der Waals surface area contributed by atoms with Gasteiger partial charge in [-0.15, -0.1) is 0 Å². The van der Waals surface area contributed by atoms with Crippen molar-refractivity contribution >= 4 is 16.7 Å². The van der Waals surface area contributed by atoms with E-state index < -0.39 is 5.54 Å². The number of hydrogen-bond acceptors (Lipinski definition) is 3. The highest BCUT2D eigenvalue weighted by atomic mass is 16.5. The Morgan fingerprint density at radius 2 is 1.24 bits per heavy atom. The second-order valence-corrected chi connectivity index (χ2v) is 8.79. The van der Waals surface area contributed by atoms with Gasteiger partial charge in [0.15, 0.2) is 5.82 Å². The summed E-state index contributed by atoms with van der Waals surface area (Å²) in [5, 5.41) is 10.1. The van der Waals surface area contributed by atoms with Gasteiger partial charge in [-0.05, 0) is 35.2 Å². The van der Waals surface area contributed by atoms with Gasteiger partial charge in [-0.25, -0.2) is 4.68 Å². The van der Waals surface area contributed by atoms with Gasteiger partial charge in [0.1, 0.15) is 5.54 Å². The first-order chi connectivity index (χ1) is 16.9. The van der Waals surface area contributed by atoms with Gasteiger partial charge in [-0.3, -0.25) is 0 Å². The second kappa shape index (κ2) is 8.81. The molecule has 0 radical (unpaired) electrons. The summed E-state index contributed by atoms with van der Waals surface area (Å²) in [5.41, 5.74) is 3.93. The highest BCUT2D eigenvalue weighted by Crippen LogP contribution is 2.43. The minimum Gasteiger partial charge on any atom is -0.379 e. The molecule has 0 aliphatic carbocycles. The average molecular weight is 446 g/mol. The van der Waals surface area contributed by atoms with Crippen molar-refractivity contribution in [1.82, 2.24) is 9.78 Å². The number of nitrogens with zero attached hydrogens (tertiary/aromatic N) is 2. The third-order valence-corrected chi connectivity index (χ3v) is 6.75. The number of hydrogen-bond donors (Lipinski definition) is 1. The van der Waals surface area contributed by atoms with E-state index in [2.05, 4.69) is 125 Å². The quantitative estimate of drug-likeness (QED) is 0.322. The Morgan fingerprint density at radius 1 is 0.706 bits per heavy atom. The maximum atomic E-state index is 5.63. The number of anilines is 1. The molecule has 1 saturated heterocycles. The highest BCUT2D eigenvalue weighted by molar-refractivity contribution is 5.91. The molecule has 0 bridgehead atoms. The molecule has 1 aromatic heterocycles. The molecule has 4 heteroatoms. The molecule has 1 N–H and O–H groups in total. The molecule has 1 unspecified atom stereocenters. The van der Waals surface area contributed by atoms with Crippen molar-refractivity contribution in [2.24, 2.45) is 0 Å². The van der Waals surface area contributed by atoms with Crippen LogP contribution in [0, 0.1) is 0 Å². The van der Waals surface area contributed by atoms with Crippen molar-refractivity contribution < 1.29 is 4.74 Å². The van der Waals surface area contributed by atoms with Crippen LogP contribution in [0.3, 0.4) is 0 Å². The van der Waals surface area contributed by atoms with Crippen LogP contribution in [0.4, 0.5) is 5.82 Å². The van der Waals surface area contributed by atoms with Gasteiger partial charge in [0, 0.05) is 12.0 Å². The van der Waals surface area contributed by atoms with Crippen molar-refractivity contribution in [2.75, 3.05) is 18.5 Å². The normalized spacial score (nSPS) is 16.1. The van der Waals surface area contributed by atoms with Crippen molar-refractivity contribution in [3.8, 4) is 0 Å². The Morgan fingerprint density at radius 3 is 1.76 bits per heavy atom. The second-order valence-electron chi connectivity index (χ2n) is 8.79. The largest absolute Gasteiger partial charge is 0.379 e. The number of benzene rings is 4. The Labute approximate surface area is 199 Å². The first kappa shape index (κ1) is 20.7. The summed E-state index contributed by atoms with van der Waals surface area (Å²) in [6.45, 7) is 1.50. The van der Waals surface area contributed by atoms with E-state index in [1.807, 2.05) is 0 Å². The predicted octanol–water partition coefficient (Wildman–Crippen LogP) is 6.08. The maximum absolute atomic E-state index is 5.63. The summed E-state index contributed by atoms with van der Waals surface area (Å²) in [6.07, 6.45) is 0.988. The lowest BCUT2D eigenvalue weighted by molar-refractivity contribution is 0.195. The summed E-state index contributed by atoms with van der Waals surface area (Å²) in [5.74, 6) is 0.901. The first-order valence-corrected chi connectivity index (χ1v) is 11.9. The van der Waals surface area contributed by atoms with Crippen LogP contribution in [0.25, 0.3) is 10.9 Å². The zero-order valence-corrected chi connectivity index (χ0v) is 19.0. The fraction of sp³-hybridized carbons (Fsp3) is 0.167. The van der Waals surface area contributed by atoms with Gasteiger partial charge in [0.25, 0.3) is 0 Å². The summed E-state index contributed by atoms with van der Waals surface area (Å²) in [7, 11) is 0. The number of nitrogens with one attached hydrogen (secondary N) is 1. The van der Waals surface area contributed by atoms with Crippen LogP contribution in [0.15, 0.2) is 115 Å². The van der Waals surface area contributed by atoms with E-state index in [9.17, 15) is 0 Å². The SMILES string of the molecule is c1ccc(C(c2ccccc2)(c2ccccc2)n2nc(NC3CCOC3)c3ccccc32)cc1. The summed E-state index contributed by atoms with van der Waals surface area (Å²) < 4.78 is 7.84. The van der Waals surface area contributed by atoms with Crippen molar-refractivity contribution in [1.29, 1.82) is 0 Å². The number of rotatable bonds is 6. The van der Waals surface area contributed by atoms with Crippen LogP contribution in [0.5, 0.6) is 0 Å². The molecule has 1 aliphatic heterocycles. The summed E-state index contributed by atoms with van der Waals surface area (Å²) in [6, 6.07) is 40.8. The van der Waals surface area contributed by atoms with Gasteiger partial charge in [0.2, 0.25) is 0 Å². The Kier molecular flexibility index (Phi) is 5.36. The van der Waals surface area contributed by atoms with Crippen LogP contribution in [-0.2, 0) is 10.3 Å². The Bertz CT molecular complexity index is 1280. The minimum atomic E-state index is -0.643. The van der Waals surface area contributed by atoms with Crippen LogP contribution in [0.1, 0.15) is 23.1 Å². The van der Waals surface area contributed by atoms with Crippen LogP contribution in [0.2, 0.25) is 0 Å². The molecule has 4 nitrogen and oxygen atoms in total. The van der Waals surface area contributed by atoms with E-state index in [0.29, 0.717) is 6.61 Å². The molecule has 1 fully saturated rings. The third kappa shape index (κ3) is 3.39. The van der Waals surface area contributed by atoms with Crippen LogP contribution >= 0.6 is 0 Å². The molecule has 1 aliphatic rings. The molecule has 4 aromatic carbocycles. The van der Waals surface area contributed by atoms with E-state index in [4.69, 9.17) is 9.84 Å². The smallest absolute Gasteiger partial charge is 0.156 e. The fourth-order valence-corrected chi connectivity index (χ4v) is 5.18. The molecule has 0 saturated carbocycles. The van der Waals surface area contributed by atoms with Gasteiger partial charge < -0.3 is 10.1 Å². The van der Waals surface area contributed by atoms with Gasteiger partial charge >= 0.3 is 0 Å². The van der Waals surface area contributed by atoms with Crippen molar-refractivity contribution in [3.05, 3.63) is 132 Å². The molecule has 0 spiro atoms. The van der Waals surface area contributed by atoms with Gasteiger partial charge in [-0.2, -0.15) is 5.10 Å². The molecular weight excluding hydrogens is 418 g/mol. The van der Waals surface area contributed by atoms with E-state index in [-0.39, 0.29) is 6.04 Å². The van der Waals surface area contributed by atoms with E-state index in [1.54, 1.807) is 0 Å². The summed E-state index contributed by atoms with van der Waals surface area (Å²) >= 11 is 0. The van der Waals surface area contributed by atoms with Crippen molar-refractivity contribution in [2.45, 2.75) is 18.0 Å². The molecular formula is C30H27N3O. The number of fused-ring (bicyclic) bond motifs is 1. The van der Waals surface area contributed by atoms with Crippen LogP contribution in [-0.4, -0.2) is 29.0 Å². The van der Waals surface area contributed by atoms with E-state index in [0.717, 1.165) is 46.4 Å². The lowest BCUT2D eigenvalue weighted by atomic mass is 9.77. The fourth-order valence-electron chi connectivity index (χ4n) is 5.18. The maximum Gasteiger partial charge on any atom is 0.156 e. The topological polar surface area (TPSA) is 39.1 Å². The summed E-state index contributed by atoms with van der Waals surface area (Å²) in [4.78, 5) is 0. The third-order valence-electron chi connectivity index (χ3n) is 6.75. The molecule has 0 amide bonds. The van der Waals surface area contributed by atoms with Crippen LogP contribution < -0.4 is 5.32 Å². The number of ether oxygens (including phenoxy) is 1. The lowest BCUT2D eigenvalue weighted by Crippen LogP contribution is -2.38. The molecule has 168 valence electrons. The predicted molar refractivity (Wildman–Crippen MR) is 137 cm³/mol. The van der Waals surface area contributed by atoms with Gasteiger partial charge in [0.05, 0.1) is 18.2 Å². The Hall–Kier alpha value is -3.89. The average Bonchev–Trinajstić information content (AvgIpc) is 3.56. The van der Waals surface area contributed by atoms with E-state index >= 15 is 0 Å². The molecule has 6 rings (SSSR count). The first-order valence-electron chi connectivity index (χ1n) is 11.9. The minimum absolute atomic E-state index is 0.270. The van der Waals surface area contributed by atoms with E-state index in [1.165, 1.54) is 0 Å². The van der Waals surface area contributed by atoms with Crippen molar-refractivity contribution in [3.63, 3.8) is 0 Å². The van der Waals surface area contributed by atoms with Gasteiger partial charge in [-0.1, -0.05) is 103 Å². The number of aromatic nitrogens is 2. The Balaban J connectivity index is 1.69. The molecule has 2 heterocycles. The molecule has 5 aromatic rings. The standard InChI is InChI=1S/C30H27N3O/c1-4-12-23(13-5-1)30(24-14-6-2-7-15-24,25-16-8-3-9-17-25)33-28-19-11-10-18-27(28)29(32-33)31-26-20-21-34-22-26/h1-19,26H,20-22H2,(H,31,32). The number of para-hydroxylation sites is 1. The zero-order chi connectivity index (χ0) is 22.8. The lowest BCUT2D eigenvalue weighted by Gasteiger charge is -2.37. The molecule has 34 heavy (non-hydrogen) atoms. The molecule has 1 atom stereocenters. The zero-order valence-electron chi connectivity index (χ0n) is 19.0.